The average molecular weight is 477 g/mol. The molecule has 32 heavy (non-hydrogen) atoms. The molecule has 0 bridgehead atoms. The maximum Gasteiger partial charge on any atom is 0.250 e. The van der Waals surface area contributed by atoms with Crippen LogP contribution in [0.5, 0.6) is 0 Å². The number of nitrogens with one attached hydrogen (secondary N) is 1. The number of aromatic nitrogens is 3. The van der Waals surface area contributed by atoms with Gasteiger partial charge in [0.1, 0.15) is 5.75 Å². The molecule has 2 aromatic carbocycles. The minimum Gasteiger partial charge on any atom is -0.383 e. The summed E-state index contributed by atoms with van der Waals surface area (Å²) in [6.07, 6.45) is 0. The molecule has 8 nitrogen and oxygen atoms in total. The predicted octanol–water partition coefficient (Wildman–Crippen LogP) is 3.20. The number of nitrogens with zero attached hydrogens (tertiary/aromatic N) is 3. The van der Waals surface area contributed by atoms with E-state index in [-0.39, 0.29) is 18.3 Å². The zero-order chi connectivity index (χ0) is 23.3. The van der Waals surface area contributed by atoms with E-state index >= 15 is 0 Å². The Kier molecular flexibility index (Phi) is 7.65. The molecule has 0 saturated heterocycles. The number of hydrogen-bond acceptors (Lipinski definition) is 6. The monoisotopic (exact) mass is 476 g/mol. The number of carbonyl (C=O) groups excluding carboxylic acids is 1. The standard InChI is InChI=1S/C22H25ClN4O4S/c1-15-6-4-8-18(12-15)21-25-26-22(27(21)10-11-31-3)32(29,30)14-20(28)24-16(2)17-7-5-9-19(23)13-17/h4-9,12-13,16H,10-11,14H2,1-3H3,(H,24,28)/t16-/m0/s1. The Hall–Kier alpha value is -2.75. The molecule has 0 radical (unpaired) electrons. The van der Waals surface area contributed by atoms with Gasteiger partial charge >= 0.3 is 0 Å². The average Bonchev–Trinajstić information content (AvgIpc) is 3.16. The summed E-state index contributed by atoms with van der Waals surface area (Å²) in [4.78, 5) is 12.5. The van der Waals surface area contributed by atoms with Gasteiger partial charge in [0.15, 0.2) is 5.82 Å². The van der Waals surface area contributed by atoms with E-state index in [1.807, 2.05) is 31.2 Å². The second-order valence-corrected chi connectivity index (χ2v) is 9.74. The van der Waals surface area contributed by atoms with Crippen LogP contribution in [-0.4, -0.2) is 48.6 Å². The number of sulfone groups is 1. The fourth-order valence-corrected chi connectivity index (χ4v) is 4.72. The summed E-state index contributed by atoms with van der Waals surface area (Å²) in [5.41, 5.74) is 2.50. The van der Waals surface area contributed by atoms with Crippen LogP contribution in [0.15, 0.2) is 53.7 Å². The summed E-state index contributed by atoms with van der Waals surface area (Å²) >= 11 is 6.00. The van der Waals surface area contributed by atoms with Crippen molar-refractivity contribution in [2.45, 2.75) is 31.6 Å². The first-order valence-electron chi connectivity index (χ1n) is 9.98. The summed E-state index contributed by atoms with van der Waals surface area (Å²) in [7, 11) is -2.53. The highest BCUT2D eigenvalue weighted by Gasteiger charge is 2.28. The Morgan fingerprint density at radius 3 is 2.62 bits per heavy atom. The summed E-state index contributed by atoms with van der Waals surface area (Å²) in [5.74, 6) is -0.996. The van der Waals surface area contributed by atoms with E-state index in [1.54, 1.807) is 31.2 Å². The SMILES string of the molecule is COCCn1c(-c2cccc(C)c2)nnc1S(=O)(=O)CC(=O)N[C@@H](C)c1cccc(Cl)c1. The number of benzene rings is 2. The topological polar surface area (TPSA) is 103 Å². The summed E-state index contributed by atoms with van der Waals surface area (Å²) < 4.78 is 32.7. The van der Waals surface area contributed by atoms with Gasteiger partial charge in [-0.1, -0.05) is 47.5 Å². The van der Waals surface area contributed by atoms with Crippen LogP contribution in [0, 0.1) is 6.92 Å². The van der Waals surface area contributed by atoms with Gasteiger partial charge in [-0.15, -0.1) is 10.2 Å². The molecule has 3 aromatic rings. The fourth-order valence-electron chi connectivity index (χ4n) is 3.28. The normalized spacial score (nSPS) is 12.5. The lowest BCUT2D eigenvalue weighted by Crippen LogP contribution is -2.33. The largest absolute Gasteiger partial charge is 0.383 e. The maximum absolute atomic E-state index is 13.1. The molecule has 170 valence electrons. The third-order valence-corrected chi connectivity index (χ3v) is 6.57. The first-order valence-corrected chi connectivity index (χ1v) is 12.0. The van der Waals surface area contributed by atoms with E-state index in [0.29, 0.717) is 10.8 Å². The molecule has 0 saturated carbocycles. The molecule has 1 aromatic heterocycles. The Labute approximate surface area is 192 Å². The van der Waals surface area contributed by atoms with Crippen LogP contribution in [0.3, 0.4) is 0 Å². The Morgan fingerprint density at radius 1 is 1.19 bits per heavy atom. The van der Waals surface area contributed by atoms with Crippen LogP contribution in [0.2, 0.25) is 5.02 Å². The molecular weight excluding hydrogens is 452 g/mol. The number of amides is 1. The van der Waals surface area contributed by atoms with Crippen LogP contribution in [0.1, 0.15) is 24.1 Å². The van der Waals surface area contributed by atoms with Crippen molar-refractivity contribution in [3.8, 4) is 11.4 Å². The maximum atomic E-state index is 13.1. The molecule has 1 amide bonds. The molecular formula is C22H25ClN4O4S. The molecule has 0 spiro atoms. The molecule has 0 aliphatic heterocycles. The van der Waals surface area contributed by atoms with Crippen molar-refractivity contribution in [1.82, 2.24) is 20.1 Å². The quantitative estimate of drug-likeness (QED) is 0.508. The van der Waals surface area contributed by atoms with Gasteiger partial charge in [-0.25, -0.2) is 8.42 Å². The van der Waals surface area contributed by atoms with Gasteiger partial charge in [-0.3, -0.25) is 9.36 Å². The highest BCUT2D eigenvalue weighted by atomic mass is 35.5. The minimum absolute atomic E-state index is 0.224. The molecule has 3 rings (SSSR count). The van der Waals surface area contributed by atoms with Crippen LogP contribution in [0.25, 0.3) is 11.4 Å². The van der Waals surface area contributed by atoms with Crippen molar-refractivity contribution < 1.29 is 17.9 Å². The molecule has 1 N–H and O–H groups in total. The first-order chi connectivity index (χ1) is 15.2. The lowest BCUT2D eigenvalue weighted by molar-refractivity contribution is -0.119. The number of ether oxygens (including phenoxy) is 1. The van der Waals surface area contributed by atoms with E-state index in [9.17, 15) is 13.2 Å². The molecule has 0 aliphatic rings. The highest BCUT2D eigenvalue weighted by molar-refractivity contribution is 7.92. The molecule has 0 fully saturated rings. The van der Waals surface area contributed by atoms with Crippen molar-refractivity contribution in [3.05, 3.63) is 64.7 Å². The van der Waals surface area contributed by atoms with Crippen molar-refractivity contribution in [2.24, 2.45) is 0 Å². The first kappa shape index (κ1) is 23.9. The third-order valence-electron chi connectivity index (χ3n) is 4.84. The Balaban J connectivity index is 1.84. The Morgan fingerprint density at radius 2 is 1.94 bits per heavy atom. The van der Waals surface area contributed by atoms with Gasteiger partial charge in [0.25, 0.3) is 5.16 Å². The van der Waals surface area contributed by atoms with Gasteiger partial charge in [-0.2, -0.15) is 0 Å². The van der Waals surface area contributed by atoms with E-state index in [2.05, 4.69) is 15.5 Å². The van der Waals surface area contributed by atoms with Gasteiger partial charge in [0, 0.05) is 17.7 Å². The van der Waals surface area contributed by atoms with Gasteiger partial charge in [-0.05, 0) is 37.6 Å². The number of halogens is 1. The number of hydrogen-bond donors (Lipinski definition) is 1. The van der Waals surface area contributed by atoms with Crippen LogP contribution in [0.4, 0.5) is 0 Å². The molecule has 0 aliphatic carbocycles. The number of aryl methyl sites for hydroxylation is 1. The predicted molar refractivity (Wildman–Crippen MR) is 122 cm³/mol. The van der Waals surface area contributed by atoms with E-state index < -0.39 is 27.5 Å². The van der Waals surface area contributed by atoms with Crippen LogP contribution in [-0.2, 0) is 25.9 Å². The van der Waals surface area contributed by atoms with Gasteiger partial charge in [0.2, 0.25) is 15.7 Å². The zero-order valence-electron chi connectivity index (χ0n) is 18.1. The summed E-state index contributed by atoms with van der Waals surface area (Å²) in [6, 6.07) is 14.1. The van der Waals surface area contributed by atoms with Crippen molar-refractivity contribution in [3.63, 3.8) is 0 Å². The number of rotatable bonds is 9. The molecule has 10 heteroatoms. The second-order valence-electron chi connectivity index (χ2n) is 7.42. The minimum atomic E-state index is -4.06. The van der Waals surface area contributed by atoms with E-state index in [1.165, 1.54) is 11.7 Å². The molecule has 1 heterocycles. The van der Waals surface area contributed by atoms with Crippen molar-refractivity contribution >= 4 is 27.3 Å². The smallest absolute Gasteiger partial charge is 0.250 e. The van der Waals surface area contributed by atoms with E-state index in [0.717, 1.165) is 16.7 Å². The summed E-state index contributed by atoms with van der Waals surface area (Å²) in [5, 5.41) is 11.0. The number of carbonyl (C=O) groups is 1. The number of methoxy groups -OCH3 is 1. The van der Waals surface area contributed by atoms with Crippen LogP contribution < -0.4 is 5.32 Å². The lowest BCUT2D eigenvalue weighted by atomic mass is 10.1. The Bertz CT molecular complexity index is 1210. The van der Waals surface area contributed by atoms with Crippen LogP contribution >= 0.6 is 11.6 Å². The lowest BCUT2D eigenvalue weighted by Gasteiger charge is -2.15. The summed E-state index contributed by atoms with van der Waals surface area (Å²) in [6.45, 7) is 4.18. The van der Waals surface area contributed by atoms with E-state index in [4.69, 9.17) is 16.3 Å². The van der Waals surface area contributed by atoms with Crippen molar-refractivity contribution in [2.75, 3.05) is 19.5 Å². The third kappa shape index (κ3) is 5.73. The second kappa shape index (κ2) is 10.2. The van der Waals surface area contributed by atoms with Crippen molar-refractivity contribution in [1.29, 1.82) is 0 Å². The van der Waals surface area contributed by atoms with Gasteiger partial charge < -0.3 is 10.1 Å². The zero-order valence-corrected chi connectivity index (χ0v) is 19.7. The molecule has 1 atom stereocenters. The molecule has 0 unspecified atom stereocenters. The highest BCUT2D eigenvalue weighted by Crippen LogP contribution is 2.23. The van der Waals surface area contributed by atoms with Gasteiger partial charge in [0.05, 0.1) is 19.2 Å². The fraction of sp³-hybridized carbons (Fsp3) is 0.318.